The predicted octanol–water partition coefficient (Wildman–Crippen LogP) is -1.80. The van der Waals surface area contributed by atoms with Crippen LogP contribution in [0.2, 0.25) is 0 Å². The van der Waals surface area contributed by atoms with E-state index in [0.29, 0.717) is 6.61 Å². The molecule has 4 nitrogen and oxygen atoms in total. The van der Waals surface area contributed by atoms with Gasteiger partial charge in [0.25, 0.3) is 0 Å². The molecule has 3 saturated heterocycles. The molecule has 2 N–H and O–H groups in total. The summed E-state index contributed by atoms with van der Waals surface area (Å²) in [6.07, 6.45) is 2.15. The molecule has 0 spiro atoms. The van der Waals surface area contributed by atoms with Crippen molar-refractivity contribution in [3.63, 3.8) is 0 Å². The standard InChI is InChI=1S/C18H29N3O.ClH/c22-13-1-6-20-7-10-21(11-8-20,12-9-20)15-16-2-3-17-4-5-19-18(17)14-16;/h2-3,14,19,22H,1,4-13,15H2;1H/q+2;/p-1. The van der Waals surface area contributed by atoms with Crippen LogP contribution in [0, 0.1) is 0 Å². The normalized spacial score (nSPS) is 31.3. The van der Waals surface area contributed by atoms with E-state index in [1.54, 1.807) is 0 Å². The maximum absolute atomic E-state index is 9.12. The second-order valence-corrected chi connectivity index (χ2v) is 7.65. The fourth-order valence-corrected chi connectivity index (χ4v) is 4.75. The summed E-state index contributed by atoms with van der Waals surface area (Å²) >= 11 is 0. The molecule has 0 unspecified atom stereocenters. The summed E-state index contributed by atoms with van der Waals surface area (Å²) in [5, 5.41) is 12.6. The van der Waals surface area contributed by atoms with Crippen molar-refractivity contribution in [1.82, 2.24) is 0 Å². The number of hydrogen-bond donors (Lipinski definition) is 2. The number of nitrogens with one attached hydrogen (secondary N) is 1. The molecule has 23 heavy (non-hydrogen) atoms. The Morgan fingerprint density at radius 1 is 1.00 bits per heavy atom. The lowest BCUT2D eigenvalue weighted by Gasteiger charge is -2.55. The first-order valence-corrected chi connectivity index (χ1v) is 8.89. The van der Waals surface area contributed by atoms with Crippen molar-refractivity contribution < 1.29 is 26.5 Å². The molecule has 128 valence electrons. The molecule has 0 radical (unpaired) electrons. The molecule has 0 saturated carbocycles. The average Bonchev–Trinajstić information content (AvgIpc) is 3.02. The summed E-state index contributed by atoms with van der Waals surface area (Å²) in [5.41, 5.74) is 4.36. The number of hydrogen-bond acceptors (Lipinski definition) is 2. The van der Waals surface area contributed by atoms with E-state index in [4.69, 9.17) is 5.11 Å². The molecule has 2 bridgehead atoms. The minimum Gasteiger partial charge on any atom is -1.00 e. The summed E-state index contributed by atoms with van der Waals surface area (Å²) in [7, 11) is 0. The fraction of sp³-hybridized carbons (Fsp3) is 0.667. The Morgan fingerprint density at radius 2 is 1.70 bits per heavy atom. The average molecular weight is 339 g/mol. The van der Waals surface area contributed by atoms with Gasteiger partial charge in [0.1, 0.15) is 45.8 Å². The summed E-state index contributed by atoms with van der Waals surface area (Å²) in [6.45, 7) is 11.7. The van der Waals surface area contributed by atoms with Crippen LogP contribution in [0.5, 0.6) is 0 Å². The Hall–Kier alpha value is -0.810. The Kier molecular flexibility index (Phi) is 4.88. The third kappa shape index (κ3) is 3.22. The van der Waals surface area contributed by atoms with Crippen LogP contribution in [-0.2, 0) is 13.0 Å². The lowest BCUT2D eigenvalue weighted by Crippen LogP contribution is -3.00. The molecule has 0 amide bonds. The number of benzene rings is 1. The van der Waals surface area contributed by atoms with E-state index < -0.39 is 0 Å². The highest BCUT2D eigenvalue weighted by atomic mass is 35.5. The van der Waals surface area contributed by atoms with Crippen LogP contribution in [0.1, 0.15) is 17.5 Å². The number of aliphatic hydroxyl groups is 1. The lowest BCUT2D eigenvalue weighted by atomic mass is 10.0. The molecular formula is C18H29ClN3O+. The maximum Gasteiger partial charge on any atom is 0.129 e. The molecule has 0 aromatic heterocycles. The lowest BCUT2D eigenvalue weighted by molar-refractivity contribution is -1.09. The summed E-state index contributed by atoms with van der Waals surface area (Å²) < 4.78 is 2.56. The van der Waals surface area contributed by atoms with Gasteiger partial charge < -0.3 is 31.8 Å². The van der Waals surface area contributed by atoms with E-state index in [0.717, 1.165) is 13.0 Å². The number of halogens is 1. The van der Waals surface area contributed by atoms with Crippen LogP contribution < -0.4 is 17.7 Å². The van der Waals surface area contributed by atoms with Crippen LogP contribution in [0.4, 0.5) is 5.69 Å². The first kappa shape index (κ1) is 17.0. The van der Waals surface area contributed by atoms with Gasteiger partial charge in [-0.15, -0.1) is 0 Å². The molecule has 0 aliphatic carbocycles. The van der Waals surface area contributed by atoms with E-state index in [1.807, 2.05) is 0 Å². The number of fused-ring (bicyclic) bond motifs is 4. The van der Waals surface area contributed by atoms with Gasteiger partial charge in [-0.1, -0.05) is 12.1 Å². The first-order valence-electron chi connectivity index (χ1n) is 8.89. The highest BCUT2D eigenvalue weighted by molar-refractivity contribution is 5.56. The second kappa shape index (κ2) is 6.60. The van der Waals surface area contributed by atoms with Crippen LogP contribution in [0.25, 0.3) is 0 Å². The van der Waals surface area contributed by atoms with Crippen molar-refractivity contribution in [1.29, 1.82) is 0 Å². The highest BCUT2D eigenvalue weighted by Gasteiger charge is 2.48. The van der Waals surface area contributed by atoms with Crippen LogP contribution in [0.15, 0.2) is 18.2 Å². The third-order valence-corrected chi connectivity index (χ3v) is 6.34. The van der Waals surface area contributed by atoms with Gasteiger partial charge in [-0.3, -0.25) is 0 Å². The van der Waals surface area contributed by atoms with Gasteiger partial charge in [0.2, 0.25) is 0 Å². The molecule has 1 aromatic rings. The number of nitrogens with zero attached hydrogens (tertiary/aromatic N) is 2. The van der Waals surface area contributed by atoms with Crippen molar-refractivity contribution in [3.8, 4) is 0 Å². The molecule has 4 aliphatic rings. The van der Waals surface area contributed by atoms with Crippen molar-refractivity contribution in [3.05, 3.63) is 29.3 Å². The van der Waals surface area contributed by atoms with Gasteiger partial charge in [-0.05, 0) is 18.1 Å². The SMILES string of the molecule is OCCC[N+]12CC[N+](Cc3ccc4c(c3)NCC4)(CC1)CC2.[Cl-]. The number of aliphatic hydroxyl groups excluding tert-OH is 1. The quantitative estimate of drug-likeness (QED) is 0.621. The minimum absolute atomic E-state index is 0. The van der Waals surface area contributed by atoms with E-state index in [1.165, 1.54) is 84.6 Å². The van der Waals surface area contributed by atoms with Crippen molar-refractivity contribution in [2.75, 3.05) is 64.3 Å². The number of anilines is 1. The molecule has 5 heteroatoms. The zero-order valence-corrected chi connectivity index (χ0v) is 14.7. The van der Waals surface area contributed by atoms with E-state index in [2.05, 4.69) is 23.5 Å². The monoisotopic (exact) mass is 338 g/mol. The molecule has 1 aromatic carbocycles. The molecular weight excluding hydrogens is 310 g/mol. The Bertz CT molecular complexity index is 539. The number of rotatable bonds is 5. The van der Waals surface area contributed by atoms with Gasteiger partial charge in [-0.2, -0.15) is 0 Å². The van der Waals surface area contributed by atoms with Gasteiger partial charge >= 0.3 is 0 Å². The molecule has 4 aliphatic heterocycles. The molecule has 5 rings (SSSR count). The van der Waals surface area contributed by atoms with Gasteiger partial charge in [-0.25, -0.2) is 0 Å². The second-order valence-electron chi connectivity index (χ2n) is 7.65. The van der Waals surface area contributed by atoms with Gasteiger partial charge in [0.15, 0.2) is 0 Å². The smallest absolute Gasteiger partial charge is 0.129 e. The van der Waals surface area contributed by atoms with Crippen molar-refractivity contribution >= 4 is 5.69 Å². The van der Waals surface area contributed by atoms with E-state index in [9.17, 15) is 0 Å². The van der Waals surface area contributed by atoms with E-state index in [-0.39, 0.29) is 12.4 Å². The Labute approximate surface area is 145 Å². The van der Waals surface area contributed by atoms with E-state index >= 15 is 0 Å². The van der Waals surface area contributed by atoms with Crippen LogP contribution >= 0.6 is 0 Å². The minimum atomic E-state index is 0. The zero-order chi connectivity index (χ0) is 15.0. The van der Waals surface area contributed by atoms with Crippen LogP contribution in [-0.4, -0.2) is 73.0 Å². The maximum atomic E-state index is 9.12. The largest absolute Gasteiger partial charge is 1.00 e. The molecule has 4 heterocycles. The summed E-state index contributed by atoms with van der Waals surface area (Å²) in [5.74, 6) is 0. The predicted molar refractivity (Wildman–Crippen MR) is 88.6 cm³/mol. The third-order valence-electron chi connectivity index (χ3n) is 6.34. The van der Waals surface area contributed by atoms with Crippen molar-refractivity contribution in [2.24, 2.45) is 0 Å². The topological polar surface area (TPSA) is 32.3 Å². The highest BCUT2D eigenvalue weighted by Crippen LogP contribution is 2.31. The van der Waals surface area contributed by atoms with Crippen molar-refractivity contribution in [2.45, 2.75) is 19.4 Å². The summed E-state index contributed by atoms with van der Waals surface area (Å²) in [4.78, 5) is 0. The Morgan fingerprint density at radius 3 is 2.39 bits per heavy atom. The summed E-state index contributed by atoms with van der Waals surface area (Å²) in [6, 6.07) is 7.08. The first-order chi connectivity index (χ1) is 10.7. The Balaban J connectivity index is 0.00000156. The number of piperazine rings is 3. The number of quaternary nitrogens is 2. The van der Waals surface area contributed by atoms with Gasteiger partial charge in [0.05, 0.1) is 6.54 Å². The molecule has 3 fully saturated rings. The van der Waals surface area contributed by atoms with Crippen LogP contribution in [0.3, 0.4) is 0 Å². The van der Waals surface area contributed by atoms with Gasteiger partial charge in [0, 0.05) is 30.8 Å². The molecule has 0 atom stereocenters. The zero-order valence-electron chi connectivity index (χ0n) is 13.9. The fourth-order valence-electron chi connectivity index (χ4n) is 4.75.